The Bertz CT molecular complexity index is 350. The number of epoxide rings is 1. The normalized spacial score (nSPS) is 16.0. The molecule has 0 aliphatic carbocycles. The van der Waals surface area contributed by atoms with Gasteiger partial charge in [-0.1, -0.05) is 90.4 Å². The minimum absolute atomic E-state index is 0.0257. The number of ether oxygens (including phenoxy) is 2. The van der Waals surface area contributed by atoms with Crippen LogP contribution < -0.4 is 0 Å². The van der Waals surface area contributed by atoms with Crippen LogP contribution in [0, 0.1) is 0 Å². The van der Waals surface area contributed by atoms with Gasteiger partial charge in [-0.25, -0.2) is 4.79 Å². The van der Waals surface area contributed by atoms with Crippen LogP contribution in [0.15, 0.2) is 0 Å². The maximum atomic E-state index is 11.6. The quantitative estimate of drug-likeness (QED) is 0.144. The van der Waals surface area contributed by atoms with Gasteiger partial charge < -0.3 is 9.47 Å². The van der Waals surface area contributed by atoms with Gasteiger partial charge in [-0.05, 0) is 6.42 Å². The molecular weight excluding hydrogens is 316 g/mol. The predicted molar refractivity (Wildman–Crippen MR) is 101 cm³/mol. The van der Waals surface area contributed by atoms with E-state index in [1.54, 1.807) is 0 Å². The lowest BCUT2D eigenvalue weighted by Crippen LogP contribution is -2.19. The van der Waals surface area contributed by atoms with Gasteiger partial charge in [-0.3, -0.25) is 4.79 Å². The Morgan fingerprint density at radius 2 is 1.24 bits per heavy atom. The smallest absolute Gasteiger partial charge is 0.374 e. The monoisotopic (exact) mass is 354 g/mol. The third-order valence-electron chi connectivity index (χ3n) is 4.79. The van der Waals surface area contributed by atoms with Crippen molar-refractivity contribution in [2.75, 3.05) is 13.2 Å². The summed E-state index contributed by atoms with van der Waals surface area (Å²) in [6, 6.07) is 0. The van der Waals surface area contributed by atoms with Crippen LogP contribution in [0.2, 0.25) is 0 Å². The zero-order chi connectivity index (χ0) is 18.2. The molecule has 1 unspecified atom stereocenters. The van der Waals surface area contributed by atoms with Gasteiger partial charge in [0, 0.05) is 6.42 Å². The Balaban J connectivity index is 1.75. The molecule has 0 saturated carbocycles. The second-order valence-corrected chi connectivity index (χ2v) is 7.32. The Kier molecular flexibility index (Phi) is 13.6. The second kappa shape index (κ2) is 15.4. The molecule has 0 aromatic rings. The van der Waals surface area contributed by atoms with Gasteiger partial charge in [-0.15, -0.1) is 0 Å². The number of hydrogen-bond acceptors (Lipinski definition) is 4. The third kappa shape index (κ3) is 14.0. The molecule has 0 amide bonds. The molecule has 1 atom stereocenters. The molecule has 0 bridgehead atoms. The Morgan fingerprint density at radius 3 is 1.68 bits per heavy atom. The third-order valence-corrected chi connectivity index (χ3v) is 4.79. The number of ketones is 1. The highest BCUT2D eigenvalue weighted by atomic mass is 16.6. The van der Waals surface area contributed by atoms with Crippen molar-refractivity contribution in [2.45, 2.75) is 109 Å². The van der Waals surface area contributed by atoms with Crippen molar-refractivity contribution in [1.29, 1.82) is 0 Å². The van der Waals surface area contributed by atoms with E-state index in [-0.39, 0.29) is 18.5 Å². The first-order valence-electron chi connectivity index (χ1n) is 10.6. The van der Waals surface area contributed by atoms with Crippen LogP contribution >= 0.6 is 0 Å². The maximum Gasteiger partial charge on any atom is 0.374 e. The van der Waals surface area contributed by atoms with E-state index in [1.165, 1.54) is 70.6 Å². The Morgan fingerprint density at radius 1 is 0.800 bits per heavy atom. The average Bonchev–Trinajstić information content (AvgIpc) is 3.44. The van der Waals surface area contributed by atoms with Gasteiger partial charge in [0.1, 0.15) is 12.7 Å². The number of carbonyl (C=O) groups excluding carboxylic acids is 2. The van der Waals surface area contributed by atoms with Crippen molar-refractivity contribution in [2.24, 2.45) is 0 Å². The summed E-state index contributed by atoms with van der Waals surface area (Å²) in [5.41, 5.74) is 0. The minimum Gasteiger partial charge on any atom is -0.457 e. The molecule has 4 nitrogen and oxygen atoms in total. The molecule has 25 heavy (non-hydrogen) atoms. The molecule has 1 saturated heterocycles. The van der Waals surface area contributed by atoms with E-state index in [2.05, 4.69) is 6.92 Å². The van der Waals surface area contributed by atoms with Crippen molar-refractivity contribution in [3.05, 3.63) is 0 Å². The van der Waals surface area contributed by atoms with Crippen molar-refractivity contribution in [3.8, 4) is 0 Å². The van der Waals surface area contributed by atoms with E-state index in [0.717, 1.165) is 19.3 Å². The van der Waals surface area contributed by atoms with E-state index in [1.807, 2.05) is 0 Å². The lowest BCUT2D eigenvalue weighted by molar-refractivity contribution is -0.154. The van der Waals surface area contributed by atoms with Crippen molar-refractivity contribution < 1.29 is 19.1 Å². The fourth-order valence-corrected chi connectivity index (χ4v) is 3.00. The van der Waals surface area contributed by atoms with Gasteiger partial charge in [-0.2, -0.15) is 0 Å². The first-order valence-corrected chi connectivity index (χ1v) is 10.6. The Hall–Kier alpha value is -0.900. The van der Waals surface area contributed by atoms with Gasteiger partial charge in [0.2, 0.25) is 5.78 Å². The largest absolute Gasteiger partial charge is 0.457 e. The average molecular weight is 355 g/mol. The molecule has 1 aliphatic rings. The molecular formula is C21H38O4. The summed E-state index contributed by atoms with van der Waals surface area (Å²) in [4.78, 5) is 23.0. The molecule has 1 fully saturated rings. The summed E-state index contributed by atoms with van der Waals surface area (Å²) in [5.74, 6) is -1.08. The lowest BCUT2D eigenvalue weighted by atomic mass is 10.0. The van der Waals surface area contributed by atoms with Gasteiger partial charge in [0.15, 0.2) is 0 Å². The summed E-state index contributed by atoms with van der Waals surface area (Å²) in [5, 5.41) is 0. The predicted octanol–water partition coefficient (Wildman–Crippen LogP) is 5.37. The van der Waals surface area contributed by atoms with E-state index in [9.17, 15) is 9.59 Å². The van der Waals surface area contributed by atoms with Crippen LogP contribution in [0.5, 0.6) is 0 Å². The van der Waals surface area contributed by atoms with Crippen LogP contribution in [0.3, 0.4) is 0 Å². The number of Topliss-reactive ketones (excluding diaryl/α,β-unsaturated/α-hetero) is 1. The number of rotatable bonds is 18. The molecule has 0 spiro atoms. The molecule has 1 rings (SSSR count). The van der Waals surface area contributed by atoms with E-state index in [0.29, 0.717) is 13.0 Å². The molecule has 0 aromatic carbocycles. The zero-order valence-electron chi connectivity index (χ0n) is 16.2. The van der Waals surface area contributed by atoms with E-state index >= 15 is 0 Å². The summed E-state index contributed by atoms with van der Waals surface area (Å²) >= 11 is 0. The fraction of sp³-hybridized carbons (Fsp3) is 0.905. The topological polar surface area (TPSA) is 55.9 Å². The molecule has 1 heterocycles. The summed E-state index contributed by atoms with van der Waals surface area (Å²) < 4.78 is 9.82. The molecule has 1 aliphatic heterocycles. The van der Waals surface area contributed by atoms with E-state index < -0.39 is 5.97 Å². The van der Waals surface area contributed by atoms with Crippen LogP contribution in [-0.4, -0.2) is 31.1 Å². The number of carbonyl (C=O) groups is 2. The number of esters is 1. The van der Waals surface area contributed by atoms with Crippen LogP contribution in [0.25, 0.3) is 0 Å². The maximum absolute atomic E-state index is 11.6. The SMILES string of the molecule is CCCCCCCCCCCCCCCCC(=O)C(=O)OCC1CO1. The van der Waals surface area contributed by atoms with Gasteiger partial charge >= 0.3 is 5.97 Å². The minimum atomic E-state index is -0.690. The summed E-state index contributed by atoms with van der Waals surface area (Å²) in [6.07, 6.45) is 18.3. The first-order chi connectivity index (χ1) is 12.2. The zero-order valence-corrected chi connectivity index (χ0v) is 16.2. The highest BCUT2D eigenvalue weighted by Crippen LogP contribution is 2.13. The molecule has 0 radical (unpaired) electrons. The fourth-order valence-electron chi connectivity index (χ4n) is 3.00. The Labute approximate surface area is 154 Å². The van der Waals surface area contributed by atoms with E-state index in [4.69, 9.17) is 9.47 Å². The molecule has 4 heteroatoms. The number of hydrogen-bond donors (Lipinski definition) is 0. The van der Waals surface area contributed by atoms with Crippen LogP contribution in [-0.2, 0) is 19.1 Å². The highest BCUT2D eigenvalue weighted by Gasteiger charge is 2.25. The first kappa shape index (κ1) is 22.1. The van der Waals surface area contributed by atoms with Gasteiger partial charge in [0.25, 0.3) is 0 Å². The summed E-state index contributed by atoms with van der Waals surface area (Å²) in [7, 11) is 0. The molecule has 146 valence electrons. The van der Waals surface area contributed by atoms with Crippen molar-refractivity contribution >= 4 is 11.8 Å². The molecule has 0 aromatic heterocycles. The van der Waals surface area contributed by atoms with Crippen LogP contribution in [0.4, 0.5) is 0 Å². The number of unbranched alkanes of at least 4 members (excludes halogenated alkanes) is 13. The molecule has 0 N–H and O–H groups in total. The second-order valence-electron chi connectivity index (χ2n) is 7.32. The van der Waals surface area contributed by atoms with Crippen LogP contribution in [0.1, 0.15) is 103 Å². The lowest BCUT2D eigenvalue weighted by Gasteiger charge is -2.04. The summed E-state index contributed by atoms with van der Waals surface area (Å²) in [6.45, 7) is 3.13. The standard InChI is InChI=1S/C21H38O4/c1-2-3-4-5-6-7-8-9-10-11-12-13-14-15-16-20(22)21(23)25-18-19-17-24-19/h19H,2-18H2,1H3. The van der Waals surface area contributed by atoms with Gasteiger partial charge in [0.05, 0.1) is 6.61 Å². The van der Waals surface area contributed by atoms with Crippen molar-refractivity contribution in [1.82, 2.24) is 0 Å². The van der Waals surface area contributed by atoms with Crippen molar-refractivity contribution in [3.63, 3.8) is 0 Å². The highest BCUT2D eigenvalue weighted by molar-refractivity contribution is 6.33.